The van der Waals surface area contributed by atoms with Crippen LogP contribution in [0.25, 0.3) is 0 Å². The lowest BCUT2D eigenvalue weighted by Gasteiger charge is -2.38. The molecule has 2 fully saturated rings. The summed E-state index contributed by atoms with van der Waals surface area (Å²) in [6.45, 7) is 2.67. The molecule has 2 heterocycles. The van der Waals surface area contributed by atoms with Crippen LogP contribution >= 0.6 is 0 Å². The van der Waals surface area contributed by atoms with Crippen LogP contribution in [0.3, 0.4) is 0 Å². The van der Waals surface area contributed by atoms with Crippen molar-refractivity contribution < 1.29 is 22.7 Å². The van der Waals surface area contributed by atoms with Gasteiger partial charge in [0.15, 0.2) is 0 Å². The van der Waals surface area contributed by atoms with E-state index in [1.54, 1.807) is 30.2 Å². The number of hydrogen-bond acceptors (Lipinski definition) is 6. The number of anilines is 1. The molecule has 10 heteroatoms. The van der Waals surface area contributed by atoms with Crippen LogP contribution in [0.15, 0.2) is 59.5 Å². The zero-order valence-electron chi connectivity index (χ0n) is 18.5. The third-order valence-corrected chi connectivity index (χ3v) is 7.99. The maximum absolute atomic E-state index is 13.2. The van der Waals surface area contributed by atoms with E-state index in [1.165, 1.54) is 12.1 Å². The summed E-state index contributed by atoms with van der Waals surface area (Å²) in [6.07, 6.45) is -0.180. The van der Waals surface area contributed by atoms with Crippen molar-refractivity contribution in [3.05, 3.63) is 54.6 Å². The summed E-state index contributed by atoms with van der Waals surface area (Å²) in [5, 5.41) is 2.70. The van der Waals surface area contributed by atoms with Gasteiger partial charge in [0.05, 0.1) is 18.4 Å². The molecule has 0 unspecified atom stereocenters. The molecule has 2 aromatic carbocycles. The van der Waals surface area contributed by atoms with E-state index in [2.05, 4.69) is 10.2 Å². The van der Waals surface area contributed by atoms with E-state index < -0.39 is 22.0 Å². The van der Waals surface area contributed by atoms with Crippen LogP contribution in [0.4, 0.5) is 5.69 Å². The topological polar surface area (TPSA) is 99.3 Å². The minimum Gasteiger partial charge on any atom is -0.497 e. The molecule has 4 rings (SSSR count). The van der Waals surface area contributed by atoms with E-state index in [0.717, 1.165) is 15.7 Å². The van der Waals surface area contributed by atoms with E-state index in [9.17, 15) is 18.0 Å². The van der Waals surface area contributed by atoms with Crippen LogP contribution in [0, 0.1) is 0 Å². The van der Waals surface area contributed by atoms with Gasteiger partial charge in [-0.3, -0.25) is 9.59 Å². The Balaban J connectivity index is 1.41. The highest BCUT2D eigenvalue weighted by Crippen LogP contribution is 2.23. The van der Waals surface area contributed by atoms with Gasteiger partial charge in [-0.05, 0) is 36.4 Å². The summed E-state index contributed by atoms with van der Waals surface area (Å²) in [5.74, 6) is 0.124. The Morgan fingerprint density at radius 1 is 1.00 bits per heavy atom. The maximum Gasteiger partial charge on any atom is 0.243 e. The molecule has 2 saturated heterocycles. The number of sulfonamides is 1. The predicted molar refractivity (Wildman–Crippen MR) is 124 cm³/mol. The normalized spacial score (nSPS) is 19.8. The van der Waals surface area contributed by atoms with Crippen LogP contribution in [0.2, 0.25) is 0 Å². The van der Waals surface area contributed by atoms with Gasteiger partial charge < -0.3 is 19.9 Å². The average molecular weight is 473 g/mol. The summed E-state index contributed by atoms with van der Waals surface area (Å²) in [5.41, 5.74) is 1.05. The van der Waals surface area contributed by atoms with Gasteiger partial charge in [-0.2, -0.15) is 4.31 Å². The first-order valence-electron chi connectivity index (χ1n) is 10.9. The Labute approximate surface area is 194 Å². The average Bonchev–Trinajstić information content (AvgIpc) is 2.86. The zero-order chi connectivity index (χ0) is 23.4. The fourth-order valence-corrected chi connectivity index (χ4v) is 5.81. The molecule has 1 N–H and O–H groups in total. The number of nitrogens with one attached hydrogen (secondary N) is 1. The number of hydrogen-bond donors (Lipinski definition) is 1. The molecule has 0 saturated carbocycles. The first-order valence-corrected chi connectivity index (χ1v) is 12.4. The second kappa shape index (κ2) is 9.80. The van der Waals surface area contributed by atoms with Gasteiger partial charge in [-0.15, -0.1) is 0 Å². The van der Waals surface area contributed by atoms with E-state index in [4.69, 9.17) is 4.74 Å². The molecule has 0 radical (unpaired) electrons. The third kappa shape index (κ3) is 4.96. The van der Waals surface area contributed by atoms with Gasteiger partial charge in [0, 0.05) is 45.0 Å². The molecule has 1 atom stereocenters. The molecule has 0 aromatic heterocycles. The molecular formula is C23H28N4O5S. The van der Waals surface area contributed by atoms with Crippen LogP contribution in [-0.4, -0.2) is 81.9 Å². The number of nitrogens with zero attached hydrogens (tertiary/aromatic N) is 3. The van der Waals surface area contributed by atoms with E-state index in [-0.39, 0.29) is 30.3 Å². The third-order valence-electron chi connectivity index (χ3n) is 6.07. The smallest absolute Gasteiger partial charge is 0.243 e. The van der Waals surface area contributed by atoms with Crippen LogP contribution in [-0.2, 0) is 19.6 Å². The highest BCUT2D eigenvalue weighted by Gasteiger charge is 2.40. The Kier molecular flexibility index (Phi) is 6.85. The highest BCUT2D eigenvalue weighted by atomic mass is 32.2. The van der Waals surface area contributed by atoms with Crippen molar-refractivity contribution >= 4 is 27.5 Å². The van der Waals surface area contributed by atoms with Gasteiger partial charge in [0.25, 0.3) is 0 Å². The summed E-state index contributed by atoms with van der Waals surface area (Å²) in [6, 6.07) is 14.7. The molecule has 176 valence electrons. The summed E-state index contributed by atoms with van der Waals surface area (Å²) >= 11 is 0. The highest BCUT2D eigenvalue weighted by molar-refractivity contribution is 7.89. The van der Waals surface area contributed by atoms with E-state index in [1.807, 2.05) is 24.3 Å². The lowest BCUT2D eigenvalue weighted by molar-refractivity contribution is -0.137. The monoisotopic (exact) mass is 472 g/mol. The van der Waals surface area contributed by atoms with Gasteiger partial charge >= 0.3 is 0 Å². The number of piperazine rings is 2. The second-order valence-electron chi connectivity index (χ2n) is 8.01. The van der Waals surface area contributed by atoms with Gasteiger partial charge in [0.2, 0.25) is 21.8 Å². The number of ether oxygens (including phenoxy) is 1. The van der Waals surface area contributed by atoms with Crippen molar-refractivity contribution in [1.29, 1.82) is 0 Å². The Hall–Kier alpha value is -3.11. The van der Waals surface area contributed by atoms with Crippen LogP contribution in [0.5, 0.6) is 5.75 Å². The molecule has 2 aliphatic rings. The van der Waals surface area contributed by atoms with Crippen LogP contribution in [0.1, 0.15) is 6.42 Å². The molecule has 2 aromatic rings. The molecule has 2 aliphatic heterocycles. The van der Waals surface area contributed by atoms with Crippen molar-refractivity contribution in [2.45, 2.75) is 17.4 Å². The zero-order valence-corrected chi connectivity index (χ0v) is 19.3. The van der Waals surface area contributed by atoms with E-state index in [0.29, 0.717) is 26.2 Å². The molecule has 9 nitrogen and oxygen atoms in total. The van der Waals surface area contributed by atoms with E-state index >= 15 is 0 Å². The molecule has 0 bridgehead atoms. The molecule has 2 amide bonds. The SMILES string of the molecule is COc1ccc(N2CCN(C(=O)C[C@@H]3C(=O)NCCN3S(=O)(=O)c3ccccc3)CC2)cc1. The van der Waals surface area contributed by atoms with Crippen molar-refractivity contribution in [3.63, 3.8) is 0 Å². The summed E-state index contributed by atoms with van der Waals surface area (Å²) in [4.78, 5) is 29.6. The molecule has 0 aliphatic carbocycles. The number of rotatable bonds is 6. The fraction of sp³-hybridized carbons (Fsp3) is 0.391. The standard InChI is InChI=1S/C23H28N4O5S/c1-32-19-9-7-18(8-10-19)25-13-15-26(16-14-25)22(28)17-21-23(29)24-11-12-27(21)33(30,31)20-5-3-2-4-6-20/h2-10,21H,11-17H2,1H3,(H,24,29)/t21-/m1/s1. The Morgan fingerprint density at radius 2 is 1.67 bits per heavy atom. The molecule has 33 heavy (non-hydrogen) atoms. The van der Waals surface area contributed by atoms with Crippen molar-refractivity contribution in [3.8, 4) is 5.75 Å². The predicted octanol–water partition coefficient (Wildman–Crippen LogP) is 0.923. The van der Waals surface area contributed by atoms with Gasteiger partial charge in [-0.1, -0.05) is 18.2 Å². The minimum absolute atomic E-state index is 0.116. The Bertz CT molecular complexity index is 1080. The largest absolute Gasteiger partial charge is 0.497 e. The number of methoxy groups -OCH3 is 1. The summed E-state index contributed by atoms with van der Waals surface area (Å²) in [7, 11) is -2.26. The molecular weight excluding hydrogens is 444 g/mol. The van der Waals surface area contributed by atoms with Crippen molar-refractivity contribution in [2.75, 3.05) is 51.3 Å². The Morgan fingerprint density at radius 3 is 2.30 bits per heavy atom. The lowest BCUT2D eigenvalue weighted by atomic mass is 10.1. The van der Waals surface area contributed by atoms with Crippen LogP contribution < -0.4 is 15.0 Å². The quantitative estimate of drug-likeness (QED) is 0.672. The number of carbonyl (C=O) groups excluding carboxylic acids is 2. The van der Waals surface area contributed by atoms with Crippen molar-refractivity contribution in [1.82, 2.24) is 14.5 Å². The number of amides is 2. The summed E-state index contributed by atoms with van der Waals surface area (Å²) < 4.78 is 32.7. The minimum atomic E-state index is -3.89. The maximum atomic E-state index is 13.2. The fourth-order valence-electron chi connectivity index (χ4n) is 4.21. The number of carbonyl (C=O) groups is 2. The first kappa shape index (κ1) is 23.1. The number of benzene rings is 2. The van der Waals surface area contributed by atoms with Gasteiger partial charge in [-0.25, -0.2) is 8.42 Å². The second-order valence-corrected chi connectivity index (χ2v) is 9.90. The first-order chi connectivity index (χ1) is 15.9. The lowest BCUT2D eigenvalue weighted by Crippen LogP contribution is -2.59. The van der Waals surface area contributed by atoms with Crippen molar-refractivity contribution in [2.24, 2.45) is 0 Å². The van der Waals surface area contributed by atoms with Gasteiger partial charge in [0.1, 0.15) is 11.8 Å². The molecule has 0 spiro atoms.